The van der Waals surface area contributed by atoms with E-state index in [1.165, 1.54) is 25.7 Å². The van der Waals surface area contributed by atoms with Crippen LogP contribution < -0.4 is 5.32 Å². The Morgan fingerprint density at radius 3 is 2.53 bits per heavy atom. The van der Waals surface area contributed by atoms with Gasteiger partial charge in [-0.2, -0.15) is 0 Å². The molecule has 0 heterocycles. The molecule has 0 spiro atoms. The van der Waals surface area contributed by atoms with Gasteiger partial charge in [-0.3, -0.25) is 4.79 Å². The summed E-state index contributed by atoms with van der Waals surface area (Å²) >= 11 is 0. The highest BCUT2D eigenvalue weighted by Crippen LogP contribution is 2.42. The Labute approximate surface area is 112 Å². The zero-order chi connectivity index (χ0) is 13.9. The van der Waals surface area contributed by atoms with Gasteiger partial charge < -0.3 is 10.4 Å². The van der Waals surface area contributed by atoms with E-state index in [0.717, 1.165) is 25.2 Å². The number of hydrogen-bond donors (Lipinski definition) is 2. The summed E-state index contributed by atoms with van der Waals surface area (Å²) in [6.45, 7) is -1.98. The molecule has 0 aromatic rings. The van der Waals surface area contributed by atoms with Crippen molar-refractivity contribution < 1.29 is 18.7 Å². The molecule has 1 amide bonds. The topological polar surface area (TPSA) is 49.3 Å². The average molecular weight is 275 g/mol. The maximum absolute atomic E-state index is 12.9. The van der Waals surface area contributed by atoms with Gasteiger partial charge in [0.25, 0.3) is 5.92 Å². The fraction of sp³-hybridized carbons (Fsp3) is 0.929. The minimum absolute atomic E-state index is 0.117. The third-order valence-corrected chi connectivity index (χ3v) is 4.66. The number of amides is 1. The molecule has 3 unspecified atom stereocenters. The predicted octanol–water partition coefficient (Wildman–Crippen LogP) is 2.34. The van der Waals surface area contributed by atoms with Gasteiger partial charge in [-0.15, -0.1) is 0 Å². The van der Waals surface area contributed by atoms with Gasteiger partial charge in [0.15, 0.2) is 0 Å². The smallest absolute Gasteiger partial charge is 0.287 e. The fourth-order valence-corrected chi connectivity index (χ4v) is 3.53. The number of nitrogens with one attached hydrogen (secondary N) is 1. The summed E-state index contributed by atoms with van der Waals surface area (Å²) in [5.41, 5.74) is 0. The maximum atomic E-state index is 12.9. The molecule has 3 nitrogen and oxygen atoms in total. The lowest BCUT2D eigenvalue weighted by molar-refractivity contribution is -0.130. The van der Waals surface area contributed by atoms with Crippen molar-refractivity contribution in [1.29, 1.82) is 0 Å². The van der Waals surface area contributed by atoms with Crippen LogP contribution in [0.2, 0.25) is 0 Å². The van der Waals surface area contributed by atoms with Crippen molar-refractivity contribution in [2.24, 2.45) is 17.8 Å². The maximum Gasteiger partial charge on any atom is 0.287 e. The Bertz CT molecular complexity index is 323. The monoisotopic (exact) mass is 275 g/mol. The lowest BCUT2D eigenvalue weighted by Gasteiger charge is -2.38. The molecule has 2 fully saturated rings. The van der Waals surface area contributed by atoms with E-state index in [9.17, 15) is 13.6 Å². The van der Waals surface area contributed by atoms with E-state index in [0.29, 0.717) is 5.92 Å². The Hall–Kier alpha value is -0.710. The van der Waals surface area contributed by atoms with Crippen LogP contribution in [0.15, 0.2) is 0 Å². The summed E-state index contributed by atoms with van der Waals surface area (Å²) in [5.74, 6) is -2.24. The van der Waals surface area contributed by atoms with Crippen LogP contribution in [-0.4, -0.2) is 30.1 Å². The van der Waals surface area contributed by atoms with Gasteiger partial charge in [-0.25, -0.2) is 8.78 Å². The summed E-state index contributed by atoms with van der Waals surface area (Å²) in [6.07, 6.45) is 7.69. The summed E-state index contributed by atoms with van der Waals surface area (Å²) in [4.78, 5) is 11.9. The molecule has 0 aromatic heterocycles. The van der Waals surface area contributed by atoms with E-state index in [1.54, 1.807) is 0 Å². The largest absolute Gasteiger partial charge is 0.390 e. The highest BCUT2D eigenvalue weighted by molar-refractivity contribution is 5.78. The number of rotatable bonds is 4. The van der Waals surface area contributed by atoms with E-state index in [1.807, 2.05) is 0 Å². The molecule has 19 heavy (non-hydrogen) atoms. The molecule has 0 radical (unpaired) electrons. The van der Waals surface area contributed by atoms with E-state index >= 15 is 0 Å². The SMILES string of the molecule is O=C(NCC(F)(F)CO)C1CCC2CCCCC2C1. The number of aliphatic hydroxyl groups excluding tert-OH is 1. The van der Waals surface area contributed by atoms with Crippen molar-refractivity contribution in [3.05, 3.63) is 0 Å². The second kappa shape index (κ2) is 6.16. The normalized spacial score (nSPS) is 31.6. The third-order valence-electron chi connectivity index (χ3n) is 4.66. The van der Waals surface area contributed by atoms with Crippen LogP contribution in [0.1, 0.15) is 44.9 Å². The first-order valence-electron chi connectivity index (χ1n) is 7.28. The van der Waals surface area contributed by atoms with Crippen LogP contribution in [0, 0.1) is 17.8 Å². The molecule has 0 saturated heterocycles. The molecule has 3 atom stereocenters. The molecule has 0 aliphatic heterocycles. The number of carbonyl (C=O) groups is 1. The molecule has 2 aliphatic rings. The summed E-state index contributed by atoms with van der Waals surface area (Å²) in [5, 5.41) is 10.8. The first-order chi connectivity index (χ1) is 9.02. The molecule has 2 N–H and O–H groups in total. The lowest BCUT2D eigenvalue weighted by atomic mass is 9.67. The first-order valence-corrected chi connectivity index (χ1v) is 7.28. The number of halogens is 2. The van der Waals surface area contributed by atoms with Crippen LogP contribution in [-0.2, 0) is 4.79 Å². The molecule has 0 aromatic carbocycles. The van der Waals surface area contributed by atoms with Crippen LogP contribution >= 0.6 is 0 Å². The molecule has 0 bridgehead atoms. The lowest BCUT2D eigenvalue weighted by Crippen LogP contribution is -2.43. The van der Waals surface area contributed by atoms with E-state index in [4.69, 9.17) is 5.11 Å². The Morgan fingerprint density at radius 2 is 1.84 bits per heavy atom. The molecule has 2 aliphatic carbocycles. The standard InChI is InChI=1S/C14H23F2NO2/c15-14(16,9-18)8-17-13(19)12-6-5-10-3-1-2-4-11(10)7-12/h10-12,18H,1-9H2,(H,17,19). The van der Waals surface area contributed by atoms with Crippen molar-refractivity contribution in [2.75, 3.05) is 13.2 Å². The fourth-order valence-electron chi connectivity index (χ4n) is 3.53. The van der Waals surface area contributed by atoms with Crippen LogP contribution in [0.25, 0.3) is 0 Å². The van der Waals surface area contributed by atoms with Crippen LogP contribution in [0.3, 0.4) is 0 Å². The highest BCUT2D eigenvalue weighted by atomic mass is 19.3. The quantitative estimate of drug-likeness (QED) is 0.827. The van der Waals surface area contributed by atoms with Crippen molar-refractivity contribution in [3.63, 3.8) is 0 Å². The second-order valence-corrected chi connectivity index (χ2v) is 6.05. The number of aliphatic hydroxyl groups is 1. The van der Waals surface area contributed by atoms with Gasteiger partial charge in [-0.1, -0.05) is 25.7 Å². The van der Waals surface area contributed by atoms with Gasteiger partial charge in [0, 0.05) is 5.92 Å². The van der Waals surface area contributed by atoms with E-state index in [-0.39, 0.29) is 11.8 Å². The molecule has 5 heteroatoms. The van der Waals surface area contributed by atoms with E-state index < -0.39 is 19.1 Å². The Kier molecular flexibility index (Phi) is 4.76. The highest BCUT2D eigenvalue weighted by Gasteiger charge is 2.36. The van der Waals surface area contributed by atoms with Gasteiger partial charge in [-0.05, 0) is 31.1 Å². The first kappa shape index (κ1) is 14.7. The molecule has 110 valence electrons. The van der Waals surface area contributed by atoms with E-state index in [2.05, 4.69) is 5.32 Å². The third kappa shape index (κ3) is 3.88. The zero-order valence-corrected chi connectivity index (χ0v) is 11.2. The van der Waals surface area contributed by atoms with Crippen molar-refractivity contribution >= 4 is 5.91 Å². The number of hydrogen-bond acceptors (Lipinski definition) is 2. The molecular weight excluding hydrogens is 252 g/mol. The minimum Gasteiger partial charge on any atom is -0.390 e. The average Bonchev–Trinajstić information content (AvgIpc) is 2.44. The molecule has 2 rings (SSSR count). The molecular formula is C14H23F2NO2. The van der Waals surface area contributed by atoms with Crippen molar-refractivity contribution in [3.8, 4) is 0 Å². The zero-order valence-electron chi connectivity index (χ0n) is 11.2. The number of alkyl halides is 2. The molecule has 2 saturated carbocycles. The van der Waals surface area contributed by atoms with Gasteiger partial charge in [0.05, 0.1) is 6.54 Å². The number of carbonyl (C=O) groups excluding carboxylic acids is 1. The van der Waals surface area contributed by atoms with Crippen molar-refractivity contribution in [2.45, 2.75) is 50.9 Å². The van der Waals surface area contributed by atoms with Gasteiger partial charge in [0.2, 0.25) is 5.91 Å². The Morgan fingerprint density at radius 1 is 1.16 bits per heavy atom. The summed E-state index contributed by atoms with van der Waals surface area (Å²) < 4.78 is 25.8. The van der Waals surface area contributed by atoms with Crippen molar-refractivity contribution in [1.82, 2.24) is 5.32 Å². The van der Waals surface area contributed by atoms with Crippen LogP contribution in [0.4, 0.5) is 8.78 Å². The number of fused-ring (bicyclic) bond motifs is 1. The van der Waals surface area contributed by atoms with Crippen LogP contribution in [0.5, 0.6) is 0 Å². The summed E-state index contributed by atoms with van der Waals surface area (Å²) in [7, 11) is 0. The summed E-state index contributed by atoms with van der Waals surface area (Å²) in [6, 6.07) is 0. The van der Waals surface area contributed by atoms with Gasteiger partial charge >= 0.3 is 0 Å². The second-order valence-electron chi connectivity index (χ2n) is 6.05. The predicted molar refractivity (Wildman–Crippen MR) is 67.8 cm³/mol. The van der Waals surface area contributed by atoms with Gasteiger partial charge in [0.1, 0.15) is 6.61 Å². The Balaban J connectivity index is 1.80. The minimum atomic E-state index is -3.21.